The molecule has 6 rings (SSSR count). The zero-order chi connectivity index (χ0) is 38.1. The molecule has 3 aromatic carbocycles. The molecule has 2 amide bonds. The number of carbonyl (C=O) groups excluding carboxylic acids is 2. The van der Waals surface area contributed by atoms with Crippen molar-refractivity contribution in [3.05, 3.63) is 89.0 Å². The number of nitrogens with zero attached hydrogens (tertiary/aromatic N) is 5. The van der Waals surface area contributed by atoms with Gasteiger partial charge in [-0.15, -0.1) is 11.6 Å². The summed E-state index contributed by atoms with van der Waals surface area (Å²) in [6, 6.07) is 18.6. The molecule has 2 aliphatic rings. The number of benzene rings is 3. The molecule has 0 unspecified atom stereocenters. The topological polar surface area (TPSA) is 127 Å². The lowest BCUT2D eigenvalue weighted by Gasteiger charge is -2.52. The summed E-state index contributed by atoms with van der Waals surface area (Å²) in [6.45, 7) is 3.96. The molecule has 1 aromatic heterocycles. The number of halogens is 3. The smallest absolute Gasteiger partial charge is 0.242 e. The van der Waals surface area contributed by atoms with E-state index in [2.05, 4.69) is 58.1 Å². The summed E-state index contributed by atoms with van der Waals surface area (Å²) < 4.78 is 19.4. The van der Waals surface area contributed by atoms with Gasteiger partial charge in [-0.05, 0) is 52.0 Å². The number of ether oxygens (including phenoxy) is 1. The first kappa shape index (κ1) is 40.7. The number of carbonyl (C=O) groups is 2. The van der Waals surface area contributed by atoms with Crippen LogP contribution in [0.5, 0.6) is 5.75 Å². The second-order valence-electron chi connectivity index (χ2n) is 13.0. The van der Waals surface area contributed by atoms with Gasteiger partial charge in [0.15, 0.2) is 5.82 Å². The molecule has 280 valence electrons. The first-order chi connectivity index (χ1) is 24.9. The van der Waals surface area contributed by atoms with Gasteiger partial charge in [0.1, 0.15) is 29.0 Å². The minimum absolute atomic E-state index is 0.0384. The third kappa shape index (κ3) is 9.08. The van der Waals surface area contributed by atoms with Crippen LogP contribution in [0, 0.1) is 5.82 Å². The van der Waals surface area contributed by atoms with Gasteiger partial charge < -0.3 is 35.8 Å². The quantitative estimate of drug-likeness (QED) is 0.176. The molecule has 4 N–H and O–H groups in total. The van der Waals surface area contributed by atoms with Crippen LogP contribution >= 0.6 is 23.2 Å². The van der Waals surface area contributed by atoms with Crippen LogP contribution in [0.3, 0.4) is 0 Å². The Morgan fingerprint density at radius 2 is 1.60 bits per heavy atom. The summed E-state index contributed by atoms with van der Waals surface area (Å²) in [5.74, 6) is 1.04. The predicted octanol–water partition coefficient (Wildman–Crippen LogP) is 4.10. The fourth-order valence-corrected chi connectivity index (χ4v) is 6.81. The number of hydrogen-bond acceptors (Lipinski definition) is 10. The molecular formula is C37H48Cl2FN9O3. The number of rotatable bonds is 10. The molecule has 2 fully saturated rings. The lowest BCUT2D eigenvalue weighted by atomic mass is 9.87. The molecule has 0 spiro atoms. The molecule has 0 aliphatic carbocycles. The highest BCUT2D eigenvalue weighted by Crippen LogP contribution is 2.32. The van der Waals surface area contributed by atoms with E-state index in [1.807, 2.05) is 52.5 Å². The van der Waals surface area contributed by atoms with Crippen molar-refractivity contribution in [1.82, 2.24) is 40.6 Å². The van der Waals surface area contributed by atoms with E-state index in [4.69, 9.17) is 27.9 Å². The average molecular weight is 757 g/mol. The Balaban J connectivity index is 0.000000186. The Kier molecular flexibility index (Phi) is 14.1. The van der Waals surface area contributed by atoms with E-state index >= 15 is 0 Å². The minimum atomic E-state index is -0.535. The van der Waals surface area contributed by atoms with Gasteiger partial charge in [0.25, 0.3) is 0 Å². The van der Waals surface area contributed by atoms with Crippen molar-refractivity contribution < 1.29 is 18.7 Å². The van der Waals surface area contributed by atoms with Gasteiger partial charge in [-0.2, -0.15) is 0 Å². The largest absolute Gasteiger partial charge is 0.496 e. The lowest BCUT2D eigenvalue weighted by Crippen LogP contribution is -2.74. The van der Waals surface area contributed by atoms with Gasteiger partial charge >= 0.3 is 0 Å². The Hall–Kier alpha value is -4.11. The summed E-state index contributed by atoms with van der Waals surface area (Å²) in [5.41, 5.74) is 2.23. The van der Waals surface area contributed by atoms with Crippen LogP contribution in [-0.2, 0) is 22.0 Å². The number of alkyl halides is 1. The second kappa shape index (κ2) is 18.1. The average Bonchev–Trinajstić information content (AvgIpc) is 3.13. The summed E-state index contributed by atoms with van der Waals surface area (Å²) in [6.07, 6.45) is 1.40. The van der Waals surface area contributed by atoms with Crippen LogP contribution in [0.2, 0.25) is 5.02 Å². The van der Waals surface area contributed by atoms with Crippen molar-refractivity contribution in [2.75, 3.05) is 80.9 Å². The highest BCUT2D eigenvalue weighted by Gasteiger charge is 2.50. The summed E-state index contributed by atoms with van der Waals surface area (Å²) in [7, 11) is 12.8. The highest BCUT2D eigenvalue weighted by molar-refractivity contribution is 6.31. The number of hydrogen-bond donors (Lipinski definition) is 4. The van der Waals surface area contributed by atoms with Gasteiger partial charge in [0.2, 0.25) is 11.8 Å². The SMILES string of the molecule is CNC(=O)C1(N(C)Cc2ccccc2)CN(C)C1.CNC(=O)C1(NC)CN(C)C1.COc1cc2ncnc(Nc3cccc(Cl)c3F)c2cc1CCl. The van der Waals surface area contributed by atoms with Crippen molar-refractivity contribution in [2.24, 2.45) is 0 Å². The van der Waals surface area contributed by atoms with Gasteiger partial charge in [0.05, 0.1) is 29.2 Å². The number of likely N-dealkylation sites (tertiary alicyclic amines) is 2. The molecule has 0 saturated carbocycles. The van der Waals surface area contributed by atoms with Gasteiger partial charge in [0, 0.05) is 63.8 Å². The minimum Gasteiger partial charge on any atom is -0.496 e. The fraction of sp³-hybridized carbons (Fsp3) is 0.405. The van der Waals surface area contributed by atoms with Crippen LogP contribution in [0.15, 0.2) is 67.0 Å². The van der Waals surface area contributed by atoms with E-state index in [0.29, 0.717) is 22.5 Å². The van der Waals surface area contributed by atoms with E-state index < -0.39 is 5.82 Å². The maximum absolute atomic E-state index is 14.1. The first-order valence-electron chi connectivity index (χ1n) is 16.7. The summed E-state index contributed by atoms with van der Waals surface area (Å²) in [5, 5.41) is 12.2. The molecule has 4 aromatic rings. The zero-order valence-electron chi connectivity index (χ0n) is 30.7. The predicted molar refractivity (Wildman–Crippen MR) is 206 cm³/mol. The van der Waals surface area contributed by atoms with Crippen LogP contribution in [0.25, 0.3) is 10.9 Å². The molecule has 2 aliphatic heterocycles. The fourth-order valence-electron chi connectivity index (χ4n) is 6.43. The van der Waals surface area contributed by atoms with E-state index in [1.54, 1.807) is 39.4 Å². The Morgan fingerprint density at radius 1 is 0.942 bits per heavy atom. The molecule has 12 nitrogen and oxygen atoms in total. The maximum Gasteiger partial charge on any atom is 0.242 e. The third-order valence-corrected chi connectivity index (χ3v) is 9.89. The number of nitrogens with one attached hydrogen (secondary N) is 4. The molecular weight excluding hydrogens is 708 g/mol. The van der Waals surface area contributed by atoms with Gasteiger partial charge in [-0.25, -0.2) is 14.4 Å². The van der Waals surface area contributed by atoms with Gasteiger partial charge in [-0.3, -0.25) is 14.5 Å². The van der Waals surface area contributed by atoms with E-state index in [0.717, 1.165) is 38.3 Å². The third-order valence-electron chi connectivity index (χ3n) is 9.31. The van der Waals surface area contributed by atoms with E-state index in [1.165, 1.54) is 18.0 Å². The highest BCUT2D eigenvalue weighted by atomic mass is 35.5. The van der Waals surface area contributed by atoms with Crippen LogP contribution in [0.4, 0.5) is 15.9 Å². The number of methoxy groups -OCH3 is 1. The first-order valence-corrected chi connectivity index (χ1v) is 17.6. The standard InChI is InChI=1S/C16H12Cl2FN3O.C14H21N3O.C7H15N3O/c1-23-14-6-13-10(5-9(14)7-17)16(21-8-20-13)22-12-4-2-3-11(18)15(12)19;1-15-13(18)14(10-16(2)11-14)17(3)9-12-7-5-4-6-8-12;1-8-6(11)7(9-2)4-10(3)5-7/h2-6,8H,7H2,1H3,(H,20,21,22);4-8H,9-11H2,1-3H3,(H,15,18);9H,4-5H2,1-3H3,(H,8,11). The van der Waals surface area contributed by atoms with Crippen molar-refractivity contribution in [1.29, 1.82) is 0 Å². The number of aromatic nitrogens is 2. The van der Waals surface area contributed by atoms with Crippen molar-refractivity contribution in [2.45, 2.75) is 23.5 Å². The van der Waals surface area contributed by atoms with E-state index in [-0.39, 0.29) is 39.5 Å². The second-order valence-corrected chi connectivity index (χ2v) is 13.6. The lowest BCUT2D eigenvalue weighted by molar-refractivity contribution is -0.144. The number of anilines is 2. The van der Waals surface area contributed by atoms with Crippen LogP contribution in [-0.4, -0.2) is 123 Å². The normalized spacial score (nSPS) is 15.9. The summed E-state index contributed by atoms with van der Waals surface area (Å²) >= 11 is 11.8. The molecule has 2 saturated heterocycles. The van der Waals surface area contributed by atoms with Crippen molar-refractivity contribution in [3.8, 4) is 5.75 Å². The molecule has 0 bridgehead atoms. The molecule has 0 atom stereocenters. The molecule has 15 heteroatoms. The number of likely N-dealkylation sites (N-methyl/N-ethyl adjacent to an activating group) is 6. The Morgan fingerprint density at radius 3 is 2.15 bits per heavy atom. The van der Waals surface area contributed by atoms with E-state index in [9.17, 15) is 14.0 Å². The van der Waals surface area contributed by atoms with Crippen LogP contribution in [0.1, 0.15) is 11.1 Å². The number of amides is 2. The monoisotopic (exact) mass is 755 g/mol. The Bertz CT molecular complexity index is 1820. The Labute approximate surface area is 315 Å². The molecule has 0 radical (unpaired) electrons. The maximum atomic E-state index is 14.1. The van der Waals surface area contributed by atoms with Crippen molar-refractivity contribution in [3.63, 3.8) is 0 Å². The van der Waals surface area contributed by atoms with Crippen LogP contribution < -0.4 is 26.0 Å². The molecule has 3 heterocycles. The van der Waals surface area contributed by atoms with Crippen molar-refractivity contribution >= 4 is 57.4 Å². The summed E-state index contributed by atoms with van der Waals surface area (Å²) in [4.78, 5) is 38.2. The molecule has 52 heavy (non-hydrogen) atoms. The zero-order valence-corrected chi connectivity index (χ0v) is 32.2. The van der Waals surface area contributed by atoms with Gasteiger partial charge in [-0.1, -0.05) is 48.0 Å². The number of fused-ring (bicyclic) bond motifs is 1.